The molecule has 4 N–H and O–H groups in total. The Bertz CT molecular complexity index is 2890. The van der Waals surface area contributed by atoms with Gasteiger partial charge in [0.2, 0.25) is 0 Å². The molecule has 0 fully saturated rings. The first kappa shape index (κ1) is 138. The number of rotatable bonds is 68. The summed E-state index contributed by atoms with van der Waals surface area (Å²) in [6, 6.07) is 0. The number of allylic oxidation sites excluding steroid dienone is 12. The molecule has 6 atom stereocenters. The van der Waals surface area contributed by atoms with E-state index in [1.165, 1.54) is 66.9 Å². The number of methoxy groups -OCH3 is 4. The normalized spacial score (nSPS) is 12.6. The van der Waals surface area contributed by atoms with Crippen LogP contribution >= 0.6 is 0 Å². The van der Waals surface area contributed by atoms with Gasteiger partial charge < -0.3 is 115 Å². The Kier molecular flexibility index (Phi) is 106. The van der Waals surface area contributed by atoms with E-state index in [0.29, 0.717) is 185 Å². The van der Waals surface area contributed by atoms with Crippen molar-refractivity contribution in [3.05, 3.63) is 190 Å². The van der Waals surface area contributed by atoms with Gasteiger partial charge in [0.1, 0.15) is 46.8 Å². The quantitative estimate of drug-likeness (QED) is 0.0326. The van der Waals surface area contributed by atoms with Gasteiger partial charge in [0.05, 0.1) is 211 Å². The third-order valence-electron chi connectivity index (χ3n) is 15.2. The Labute approximate surface area is 782 Å². The molecule has 0 rings (SSSR count). The maximum Gasteiger partial charge on any atom is 0.112 e. The number of aliphatic hydroxyl groups is 4. The summed E-state index contributed by atoms with van der Waals surface area (Å²) >= 11 is 0. The lowest BCUT2D eigenvalue weighted by molar-refractivity contribution is -0.108. The van der Waals surface area contributed by atoms with E-state index in [2.05, 4.69) is 106 Å². The molecule has 0 aromatic heterocycles. The second kappa shape index (κ2) is 97.9. The van der Waals surface area contributed by atoms with E-state index >= 15 is 0 Å². The minimum atomic E-state index is -0.932. The number of hydrogen-bond acceptors (Lipinski definition) is 24. The molecule has 0 saturated carbocycles. The highest BCUT2D eigenvalue weighted by atomic mass is 16.6. The van der Waals surface area contributed by atoms with Crippen molar-refractivity contribution in [2.24, 2.45) is 0 Å². The highest BCUT2D eigenvalue weighted by Crippen LogP contribution is 2.15. The van der Waals surface area contributed by atoms with E-state index < -0.39 is 34.6 Å². The van der Waals surface area contributed by atoms with Gasteiger partial charge in [0, 0.05) is 28.4 Å². The monoisotopic (exact) mass is 1830 g/mol. The topological polar surface area (TPSA) is 266 Å². The molecule has 0 heterocycles. The Morgan fingerprint density at radius 1 is 0.227 bits per heavy atom. The molecular formula is C104H192O24. The molecule has 0 saturated heterocycles. The molecule has 0 bridgehead atoms. The molecule has 24 heteroatoms. The lowest BCUT2D eigenvalue weighted by Gasteiger charge is -2.28. The lowest BCUT2D eigenvalue weighted by Crippen LogP contribution is -2.39. The summed E-state index contributed by atoms with van der Waals surface area (Å²) in [5, 5.41) is 38.6. The van der Waals surface area contributed by atoms with Crippen molar-refractivity contribution >= 4 is 0 Å². The molecule has 0 spiro atoms. The van der Waals surface area contributed by atoms with E-state index in [1.54, 1.807) is 66.6 Å². The SMILES string of the molecule is C=CCOC(C)(COC)COCC=C(C)C.C=CCOC(COC)COCC=C(C)C.C=CCOCC(C)(O)COCC=C(C)C.C=CCOCC(O)COCC=C(C)C.CC(C)=CCOCC(C)(O)COCC=C(C)C.CC(C)=CCOCC(O)COCC=C(C)C.COCC(C)(COCC=C(C)C)OCC=C(C)C.COCC(COCC=C(C)C)OCC=C(C)C. The smallest absolute Gasteiger partial charge is 0.112 e. The van der Waals surface area contributed by atoms with Crippen LogP contribution in [-0.4, -0.2) is 307 Å². The van der Waals surface area contributed by atoms with E-state index in [9.17, 15) is 20.4 Å². The minimum absolute atomic E-state index is 0.00108. The molecule has 0 radical (unpaired) electrons. The van der Waals surface area contributed by atoms with Crippen molar-refractivity contribution in [1.29, 1.82) is 0 Å². The maximum atomic E-state index is 9.95. The van der Waals surface area contributed by atoms with E-state index in [1.807, 2.05) is 173 Å². The van der Waals surface area contributed by atoms with Crippen LogP contribution in [0.3, 0.4) is 0 Å². The molecule has 128 heavy (non-hydrogen) atoms. The Balaban J connectivity index is -0.000000215. The van der Waals surface area contributed by atoms with Gasteiger partial charge >= 0.3 is 0 Å². The maximum absolute atomic E-state index is 9.95. The van der Waals surface area contributed by atoms with E-state index in [0.717, 1.165) is 0 Å². The Hall–Kier alpha value is -5.12. The van der Waals surface area contributed by atoms with Crippen LogP contribution in [0.1, 0.15) is 194 Å². The molecular weight excluding hydrogens is 1630 g/mol. The fraction of sp³-hybridized carbons (Fsp3) is 0.692. The summed E-state index contributed by atoms with van der Waals surface area (Å²) in [6.07, 6.45) is 29.8. The standard InChI is InChI=1S/C15H28O3.2C14H26O3.2C13H24O3.2C12H22O3.C11H20O3/c1-13(2)7-9-17-12-15(5,11-16-6)18-10-8-14(3)4;1-12(2)6-8-16-11-14(10-15-5)17-9-7-13(3)4;1-12(2)6-8-16-10-14(5,15)11-17-9-7-13(3)4;1-11(2)5-7-15-9-13(14)10-16-8-6-12(3)4;1-6-8-16-13(4,10-14-5)11-15-9-7-12(2)3;1-5-7-15-12(9-13-4)10-14-8-6-11(2)3;1-5-7-14-9-12(4,13)10-15-8-6-11(2)3;1-4-6-13-8-11(12)9-14-7-5-10(2)3/h7-8H,9-12H2,1-6H3;6-7,14H,8-11H2,1-5H3;6-7,15H,8-11H2,1-5H3;5-6,13-14H,7-10H2,1-4H3;6-7H,1,8-11H2,2-5H3;5-6,12H,1,7-10H2,2-4H3;5-6,13H,1,7-10H2,2-4H3;4-5,11-12H,1,6-9H2,2-3H3. The zero-order valence-corrected chi connectivity index (χ0v) is 87.0. The van der Waals surface area contributed by atoms with Crippen molar-refractivity contribution in [2.75, 3.05) is 240 Å². The van der Waals surface area contributed by atoms with E-state index in [-0.39, 0.29) is 38.6 Å². The van der Waals surface area contributed by atoms with Crippen LogP contribution in [-0.2, 0) is 94.7 Å². The second-order valence-corrected chi connectivity index (χ2v) is 34.4. The van der Waals surface area contributed by atoms with Crippen LogP contribution in [0, 0.1) is 0 Å². The predicted molar refractivity (Wildman–Crippen MR) is 533 cm³/mol. The van der Waals surface area contributed by atoms with Gasteiger partial charge in [-0.1, -0.05) is 164 Å². The van der Waals surface area contributed by atoms with Crippen LogP contribution in [0.4, 0.5) is 0 Å². The van der Waals surface area contributed by atoms with Crippen molar-refractivity contribution in [3.8, 4) is 0 Å². The average Bonchev–Trinajstić information content (AvgIpc) is 1.40. The Morgan fingerprint density at radius 3 is 0.664 bits per heavy atom. The fourth-order valence-electron chi connectivity index (χ4n) is 8.23. The third kappa shape index (κ3) is 127. The van der Waals surface area contributed by atoms with Gasteiger partial charge in [-0.25, -0.2) is 0 Å². The van der Waals surface area contributed by atoms with Crippen molar-refractivity contribution in [2.45, 2.75) is 241 Å². The zero-order valence-electron chi connectivity index (χ0n) is 87.0. The average molecular weight is 1830 g/mol. The van der Waals surface area contributed by atoms with Crippen LogP contribution < -0.4 is 0 Å². The summed E-state index contributed by atoms with van der Waals surface area (Å²) in [7, 11) is 6.66. The predicted octanol–water partition coefficient (Wildman–Crippen LogP) is 19.6. The van der Waals surface area contributed by atoms with Gasteiger partial charge in [0.15, 0.2) is 0 Å². The largest absolute Gasteiger partial charge is 0.388 e. The van der Waals surface area contributed by atoms with Crippen molar-refractivity contribution in [3.63, 3.8) is 0 Å². The second-order valence-electron chi connectivity index (χ2n) is 34.4. The molecule has 0 aliphatic rings. The van der Waals surface area contributed by atoms with Gasteiger partial charge in [-0.3, -0.25) is 0 Å². The first-order chi connectivity index (χ1) is 60.2. The lowest BCUT2D eigenvalue weighted by atomic mass is 10.1. The molecule has 0 amide bonds. The molecule has 0 aliphatic carbocycles. The zero-order chi connectivity index (χ0) is 99.3. The van der Waals surface area contributed by atoms with Crippen LogP contribution in [0.2, 0.25) is 0 Å². The molecule has 0 aliphatic heterocycles. The van der Waals surface area contributed by atoms with Crippen molar-refractivity contribution in [1.82, 2.24) is 0 Å². The summed E-state index contributed by atoms with van der Waals surface area (Å²) < 4.78 is 107. The van der Waals surface area contributed by atoms with Gasteiger partial charge in [-0.2, -0.15) is 0 Å². The summed E-state index contributed by atoms with van der Waals surface area (Å²) in [5.41, 5.74) is 12.2. The molecule has 0 aromatic carbocycles. The highest BCUT2D eigenvalue weighted by molar-refractivity contribution is 5.00. The van der Waals surface area contributed by atoms with Gasteiger partial charge in [0.25, 0.3) is 0 Å². The number of aliphatic hydroxyl groups excluding tert-OH is 2. The number of hydrogen-bond donors (Lipinski definition) is 4. The third-order valence-corrected chi connectivity index (χ3v) is 15.2. The van der Waals surface area contributed by atoms with Crippen LogP contribution in [0.25, 0.3) is 0 Å². The molecule has 24 nitrogen and oxygen atoms in total. The van der Waals surface area contributed by atoms with Crippen LogP contribution in [0.15, 0.2) is 190 Å². The Morgan fingerprint density at radius 2 is 0.422 bits per heavy atom. The molecule has 752 valence electrons. The summed E-state index contributed by atoms with van der Waals surface area (Å²) in [5.74, 6) is 0. The molecule has 0 aromatic rings. The summed E-state index contributed by atoms with van der Waals surface area (Å²) in [6.45, 7) is 86.0. The van der Waals surface area contributed by atoms with Gasteiger partial charge in [-0.05, 0) is 194 Å². The van der Waals surface area contributed by atoms with Gasteiger partial charge in [-0.15, -0.1) is 26.3 Å². The first-order valence-electron chi connectivity index (χ1n) is 44.4. The molecule has 6 unspecified atom stereocenters. The van der Waals surface area contributed by atoms with Crippen LogP contribution in [0.5, 0.6) is 0 Å². The van der Waals surface area contributed by atoms with E-state index in [4.69, 9.17) is 94.7 Å². The van der Waals surface area contributed by atoms with Crippen molar-refractivity contribution < 1.29 is 115 Å². The number of ether oxygens (including phenoxy) is 20. The highest BCUT2D eigenvalue weighted by Gasteiger charge is 2.27. The first-order valence-corrected chi connectivity index (χ1v) is 44.4. The minimum Gasteiger partial charge on any atom is -0.388 e. The summed E-state index contributed by atoms with van der Waals surface area (Å²) in [4.78, 5) is 0. The fourth-order valence-corrected chi connectivity index (χ4v) is 8.23.